The number of aliphatic imine (C=N–C) groups is 1. The molecule has 1 rings (SSSR count). The first-order valence-electron chi connectivity index (χ1n) is 4.91. The maximum atomic E-state index is 5.29. The molecule has 1 unspecified atom stereocenters. The standard InChI is InChI=1S/C10H18N4S/c1-7(13-10(12-3)14-11)6-9-5-4-8(2)15-9/h4-5,7H,6,11H2,1-3H3,(H2,12,13,14). The minimum absolute atomic E-state index is 0.317. The van der Waals surface area contributed by atoms with E-state index in [4.69, 9.17) is 5.84 Å². The van der Waals surface area contributed by atoms with Crippen LogP contribution < -0.4 is 16.6 Å². The number of nitrogens with one attached hydrogen (secondary N) is 2. The minimum Gasteiger partial charge on any atom is -0.353 e. The van der Waals surface area contributed by atoms with Gasteiger partial charge >= 0.3 is 0 Å². The van der Waals surface area contributed by atoms with Crippen molar-refractivity contribution in [2.75, 3.05) is 7.05 Å². The summed E-state index contributed by atoms with van der Waals surface area (Å²) < 4.78 is 0. The molecule has 4 N–H and O–H groups in total. The van der Waals surface area contributed by atoms with Crippen molar-refractivity contribution in [3.05, 3.63) is 21.9 Å². The minimum atomic E-state index is 0.317. The number of hydrogen-bond acceptors (Lipinski definition) is 3. The molecule has 0 saturated carbocycles. The lowest BCUT2D eigenvalue weighted by molar-refractivity contribution is 0.648. The van der Waals surface area contributed by atoms with E-state index in [1.807, 2.05) is 11.3 Å². The van der Waals surface area contributed by atoms with Crippen LogP contribution in [0.25, 0.3) is 0 Å². The summed E-state index contributed by atoms with van der Waals surface area (Å²) in [6.45, 7) is 4.23. The number of guanidine groups is 1. The van der Waals surface area contributed by atoms with E-state index in [1.54, 1.807) is 7.05 Å². The van der Waals surface area contributed by atoms with E-state index in [0.717, 1.165) is 6.42 Å². The van der Waals surface area contributed by atoms with Crippen LogP contribution in [0, 0.1) is 6.92 Å². The van der Waals surface area contributed by atoms with Crippen LogP contribution in [-0.2, 0) is 6.42 Å². The van der Waals surface area contributed by atoms with Crippen molar-refractivity contribution in [1.29, 1.82) is 0 Å². The summed E-state index contributed by atoms with van der Waals surface area (Å²) >= 11 is 1.83. The monoisotopic (exact) mass is 226 g/mol. The summed E-state index contributed by atoms with van der Waals surface area (Å²) in [5.74, 6) is 5.91. The van der Waals surface area contributed by atoms with Gasteiger partial charge in [0.1, 0.15) is 0 Å². The molecule has 1 atom stereocenters. The average Bonchev–Trinajstić information content (AvgIpc) is 2.60. The summed E-state index contributed by atoms with van der Waals surface area (Å²) in [6.07, 6.45) is 0.985. The third-order valence-electron chi connectivity index (χ3n) is 2.05. The number of aryl methyl sites for hydroxylation is 1. The van der Waals surface area contributed by atoms with Gasteiger partial charge in [0.15, 0.2) is 0 Å². The number of nitrogens with two attached hydrogens (primary N) is 1. The molecule has 5 heteroatoms. The van der Waals surface area contributed by atoms with Gasteiger partial charge < -0.3 is 5.32 Å². The van der Waals surface area contributed by atoms with Crippen molar-refractivity contribution in [3.8, 4) is 0 Å². The molecule has 0 fully saturated rings. The van der Waals surface area contributed by atoms with Crippen LogP contribution >= 0.6 is 11.3 Å². The second kappa shape index (κ2) is 5.72. The molecule has 15 heavy (non-hydrogen) atoms. The molecule has 1 aromatic heterocycles. The second-order valence-electron chi connectivity index (χ2n) is 3.48. The molecule has 4 nitrogen and oxygen atoms in total. The van der Waals surface area contributed by atoms with Gasteiger partial charge in [0.25, 0.3) is 0 Å². The zero-order valence-electron chi connectivity index (χ0n) is 9.37. The molecule has 0 aliphatic heterocycles. The van der Waals surface area contributed by atoms with Gasteiger partial charge in [0.05, 0.1) is 0 Å². The van der Waals surface area contributed by atoms with Crippen molar-refractivity contribution in [3.63, 3.8) is 0 Å². The largest absolute Gasteiger partial charge is 0.353 e. The number of hydrogen-bond donors (Lipinski definition) is 3. The van der Waals surface area contributed by atoms with Crippen LogP contribution in [0.2, 0.25) is 0 Å². The molecule has 0 radical (unpaired) electrons. The van der Waals surface area contributed by atoms with E-state index >= 15 is 0 Å². The predicted octanol–water partition coefficient (Wildman–Crippen LogP) is 1.03. The molecule has 0 aliphatic rings. The lowest BCUT2D eigenvalue weighted by atomic mass is 10.2. The first-order chi connectivity index (χ1) is 7.15. The van der Waals surface area contributed by atoms with E-state index in [1.165, 1.54) is 9.75 Å². The topological polar surface area (TPSA) is 62.4 Å². The van der Waals surface area contributed by atoms with Crippen molar-refractivity contribution < 1.29 is 0 Å². The first-order valence-corrected chi connectivity index (χ1v) is 5.72. The van der Waals surface area contributed by atoms with Gasteiger partial charge in [-0.2, -0.15) is 0 Å². The lowest BCUT2D eigenvalue weighted by Crippen LogP contribution is -2.45. The Morgan fingerprint density at radius 1 is 1.60 bits per heavy atom. The average molecular weight is 226 g/mol. The zero-order valence-corrected chi connectivity index (χ0v) is 10.2. The number of nitrogens with zero attached hydrogens (tertiary/aromatic N) is 1. The van der Waals surface area contributed by atoms with Crippen LogP contribution in [0.3, 0.4) is 0 Å². The molecule has 0 aromatic carbocycles. The van der Waals surface area contributed by atoms with Gasteiger partial charge in [-0.15, -0.1) is 11.3 Å². The van der Waals surface area contributed by atoms with Crippen molar-refractivity contribution >= 4 is 17.3 Å². The predicted molar refractivity (Wildman–Crippen MR) is 66.0 cm³/mol. The summed E-state index contributed by atoms with van der Waals surface area (Å²) in [4.78, 5) is 6.69. The van der Waals surface area contributed by atoms with Gasteiger partial charge in [-0.1, -0.05) is 0 Å². The highest BCUT2D eigenvalue weighted by atomic mass is 32.1. The Labute approximate surface area is 94.6 Å². The van der Waals surface area contributed by atoms with E-state index < -0.39 is 0 Å². The summed E-state index contributed by atoms with van der Waals surface area (Å²) in [7, 11) is 1.70. The number of thiophene rings is 1. The molecular formula is C10H18N4S. The SMILES string of the molecule is CN=C(NN)NC(C)Cc1ccc(C)s1. The number of hydrazine groups is 1. The number of rotatable bonds is 3. The highest BCUT2D eigenvalue weighted by Crippen LogP contribution is 2.16. The smallest absolute Gasteiger partial charge is 0.205 e. The van der Waals surface area contributed by atoms with E-state index in [0.29, 0.717) is 12.0 Å². The molecule has 1 aromatic rings. The normalized spacial score (nSPS) is 13.7. The highest BCUT2D eigenvalue weighted by Gasteiger charge is 2.06. The maximum Gasteiger partial charge on any atom is 0.205 e. The van der Waals surface area contributed by atoms with E-state index in [-0.39, 0.29) is 0 Å². The van der Waals surface area contributed by atoms with Gasteiger partial charge in [-0.25, -0.2) is 5.84 Å². The molecule has 0 saturated heterocycles. The Bertz CT molecular complexity index is 332. The maximum absolute atomic E-state index is 5.29. The van der Waals surface area contributed by atoms with Gasteiger partial charge in [-0.3, -0.25) is 10.4 Å². The van der Waals surface area contributed by atoms with E-state index in [2.05, 4.69) is 41.7 Å². The van der Waals surface area contributed by atoms with Crippen LogP contribution in [0.15, 0.2) is 17.1 Å². The Morgan fingerprint density at radius 2 is 2.33 bits per heavy atom. The molecule has 0 bridgehead atoms. The second-order valence-corrected chi connectivity index (χ2v) is 4.85. The fourth-order valence-corrected chi connectivity index (χ4v) is 2.37. The van der Waals surface area contributed by atoms with Crippen LogP contribution in [0.5, 0.6) is 0 Å². The molecule has 0 spiro atoms. The van der Waals surface area contributed by atoms with Crippen LogP contribution in [0.1, 0.15) is 16.7 Å². The fraction of sp³-hybridized carbons (Fsp3) is 0.500. The van der Waals surface area contributed by atoms with Crippen molar-refractivity contribution in [1.82, 2.24) is 10.7 Å². The first kappa shape index (κ1) is 12.0. The molecular weight excluding hydrogens is 208 g/mol. The highest BCUT2D eigenvalue weighted by molar-refractivity contribution is 7.11. The molecule has 84 valence electrons. The van der Waals surface area contributed by atoms with Gasteiger partial charge in [0.2, 0.25) is 5.96 Å². The van der Waals surface area contributed by atoms with Crippen LogP contribution in [0.4, 0.5) is 0 Å². The summed E-state index contributed by atoms with van der Waals surface area (Å²) in [5, 5.41) is 3.19. The quantitative estimate of drug-likeness (QED) is 0.312. The van der Waals surface area contributed by atoms with Crippen LogP contribution in [-0.4, -0.2) is 19.0 Å². The summed E-state index contributed by atoms with van der Waals surface area (Å²) in [6, 6.07) is 4.62. The van der Waals surface area contributed by atoms with Gasteiger partial charge in [-0.05, 0) is 26.0 Å². The Balaban J connectivity index is 2.45. The third-order valence-corrected chi connectivity index (χ3v) is 3.07. The Morgan fingerprint density at radius 3 is 2.80 bits per heavy atom. The Hall–Kier alpha value is -1.07. The van der Waals surface area contributed by atoms with Crippen molar-refractivity contribution in [2.45, 2.75) is 26.3 Å². The third kappa shape index (κ3) is 3.89. The molecule has 1 heterocycles. The Kier molecular flexibility index (Phi) is 4.58. The van der Waals surface area contributed by atoms with Crippen molar-refractivity contribution in [2.24, 2.45) is 10.8 Å². The fourth-order valence-electron chi connectivity index (χ4n) is 1.35. The zero-order chi connectivity index (χ0) is 11.3. The van der Waals surface area contributed by atoms with Gasteiger partial charge in [0, 0.05) is 29.3 Å². The summed E-state index contributed by atoms with van der Waals surface area (Å²) in [5.41, 5.74) is 2.52. The lowest BCUT2D eigenvalue weighted by Gasteiger charge is -2.15. The molecule has 0 amide bonds. The van der Waals surface area contributed by atoms with E-state index in [9.17, 15) is 0 Å². The molecule has 0 aliphatic carbocycles.